The Morgan fingerprint density at radius 1 is 1.12 bits per heavy atom. The molecule has 8 heteroatoms. The highest BCUT2D eigenvalue weighted by atomic mass is 35.5. The Labute approximate surface area is 192 Å². The molecular weight excluding hydrogens is 428 g/mol. The van der Waals surface area contributed by atoms with Gasteiger partial charge in [0.2, 0.25) is 0 Å². The minimum atomic E-state index is -0.322. The van der Waals surface area contributed by atoms with Crippen LogP contribution in [0.2, 0.25) is 5.02 Å². The Balaban J connectivity index is 1.63. The largest absolute Gasteiger partial charge is 0.489 e. The van der Waals surface area contributed by atoms with E-state index in [2.05, 4.69) is 15.7 Å². The fourth-order valence-corrected chi connectivity index (χ4v) is 3.12. The van der Waals surface area contributed by atoms with Crippen LogP contribution >= 0.6 is 11.6 Å². The van der Waals surface area contributed by atoms with Crippen molar-refractivity contribution in [1.82, 2.24) is 15.1 Å². The van der Waals surface area contributed by atoms with E-state index >= 15 is 0 Å². The molecule has 3 aromatic rings. The molecule has 0 unspecified atom stereocenters. The van der Waals surface area contributed by atoms with Crippen LogP contribution in [0.25, 0.3) is 0 Å². The molecule has 3 rings (SSSR count). The lowest BCUT2D eigenvalue weighted by Gasteiger charge is -2.11. The van der Waals surface area contributed by atoms with Crippen molar-refractivity contribution in [2.45, 2.75) is 27.4 Å². The number of amides is 2. The van der Waals surface area contributed by atoms with Gasteiger partial charge in [0, 0.05) is 24.2 Å². The molecule has 7 nitrogen and oxygen atoms in total. The second-order valence-electron chi connectivity index (χ2n) is 7.99. The van der Waals surface area contributed by atoms with Gasteiger partial charge in [-0.1, -0.05) is 37.6 Å². The number of nitrogens with zero attached hydrogens (tertiary/aromatic N) is 2. The molecule has 1 aromatic heterocycles. The summed E-state index contributed by atoms with van der Waals surface area (Å²) >= 11 is 6.04. The van der Waals surface area contributed by atoms with Crippen molar-refractivity contribution in [3.8, 4) is 5.75 Å². The van der Waals surface area contributed by atoms with E-state index in [-0.39, 0.29) is 11.8 Å². The zero-order chi connectivity index (χ0) is 23.3. The number of hydrogen-bond donors (Lipinski definition) is 2. The zero-order valence-electron chi connectivity index (χ0n) is 18.6. The van der Waals surface area contributed by atoms with E-state index in [1.807, 2.05) is 45.0 Å². The van der Waals surface area contributed by atoms with Crippen LogP contribution in [0, 0.1) is 12.8 Å². The Bertz CT molecular complexity index is 1110. The van der Waals surface area contributed by atoms with Gasteiger partial charge in [0.1, 0.15) is 18.1 Å². The number of carbonyl (C=O) groups excluding carboxylic acids is 2. The molecule has 168 valence electrons. The van der Waals surface area contributed by atoms with Crippen molar-refractivity contribution < 1.29 is 14.3 Å². The predicted molar refractivity (Wildman–Crippen MR) is 125 cm³/mol. The van der Waals surface area contributed by atoms with Gasteiger partial charge in [0.25, 0.3) is 11.8 Å². The number of nitrogens with one attached hydrogen (secondary N) is 2. The summed E-state index contributed by atoms with van der Waals surface area (Å²) in [6.07, 6.45) is 1.47. The van der Waals surface area contributed by atoms with Crippen molar-refractivity contribution in [2.75, 3.05) is 11.9 Å². The number of aromatic nitrogens is 2. The highest BCUT2D eigenvalue weighted by Gasteiger charge is 2.19. The van der Waals surface area contributed by atoms with Crippen LogP contribution in [0.4, 0.5) is 5.69 Å². The molecule has 0 aliphatic heterocycles. The first kappa shape index (κ1) is 23.3. The predicted octanol–water partition coefficient (Wildman–Crippen LogP) is 4.60. The molecule has 32 heavy (non-hydrogen) atoms. The summed E-state index contributed by atoms with van der Waals surface area (Å²) < 4.78 is 7.24. The number of halogens is 1. The average molecular weight is 455 g/mol. The fraction of sp³-hybridized carbons (Fsp3) is 0.292. The number of benzene rings is 2. The summed E-state index contributed by atoms with van der Waals surface area (Å²) in [6.45, 7) is 6.85. The second-order valence-corrected chi connectivity index (χ2v) is 8.39. The fourth-order valence-electron chi connectivity index (χ4n) is 3.00. The minimum Gasteiger partial charge on any atom is -0.489 e. The molecule has 2 amide bonds. The van der Waals surface area contributed by atoms with Gasteiger partial charge in [-0.25, -0.2) is 0 Å². The van der Waals surface area contributed by atoms with Gasteiger partial charge in [0.15, 0.2) is 0 Å². The maximum atomic E-state index is 12.7. The lowest BCUT2D eigenvalue weighted by atomic mass is 10.1. The summed E-state index contributed by atoms with van der Waals surface area (Å²) in [5, 5.41) is 10.4. The molecule has 2 N–H and O–H groups in total. The van der Waals surface area contributed by atoms with Crippen molar-refractivity contribution in [2.24, 2.45) is 13.0 Å². The Hall–Kier alpha value is -3.32. The average Bonchev–Trinajstić information content (AvgIpc) is 3.13. The topological polar surface area (TPSA) is 85.2 Å². The molecule has 0 radical (unpaired) electrons. The smallest absolute Gasteiger partial charge is 0.271 e. The van der Waals surface area contributed by atoms with E-state index in [1.54, 1.807) is 25.2 Å². The van der Waals surface area contributed by atoms with Crippen LogP contribution in [-0.4, -0.2) is 28.1 Å². The van der Waals surface area contributed by atoms with E-state index in [0.29, 0.717) is 41.0 Å². The highest BCUT2D eigenvalue weighted by Crippen LogP contribution is 2.22. The Kier molecular flexibility index (Phi) is 7.53. The minimum absolute atomic E-state index is 0.279. The van der Waals surface area contributed by atoms with Gasteiger partial charge in [0.05, 0.1) is 11.9 Å². The zero-order valence-corrected chi connectivity index (χ0v) is 19.4. The lowest BCUT2D eigenvalue weighted by Crippen LogP contribution is -2.30. The first-order valence-corrected chi connectivity index (χ1v) is 10.7. The monoisotopic (exact) mass is 454 g/mol. The third kappa shape index (κ3) is 5.88. The first-order valence-electron chi connectivity index (χ1n) is 10.3. The number of rotatable bonds is 8. The second kappa shape index (κ2) is 10.3. The third-order valence-corrected chi connectivity index (χ3v) is 5.25. The number of ether oxygens (including phenoxy) is 1. The first-order chi connectivity index (χ1) is 15.2. The summed E-state index contributed by atoms with van der Waals surface area (Å²) in [4.78, 5) is 25.2. The number of aryl methyl sites for hydroxylation is 2. The molecule has 0 bridgehead atoms. The third-order valence-electron chi connectivity index (χ3n) is 4.82. The number of carbonyl (C=O) groups is 2. The molecule has 0 fully saturated rings. The molecule has 0 saturated heterocycles. The van der Waals surface area contributed by atoms with Crippen molar-refractivity contribution in [1.29, 1.82) is 0 Å². The van der Waals surface area contributed by atoms with E-state index in [1.165, 1.54) is 10.9 Å². The molecule has 2 aromatic carbocycles. The lowest BCUT2D eigenvalue weighted by molar-refractivity contribution is 0.0940. The Morgan fingerprint density at radius 3 is 2.50 bits per heavy atom. The molecule has 0 saturated carbocycles. The molecule has 0 spiro atoms. The van der Waals surface area contributed by atoms with Gasteiger partial charge in [-0.3, -0.25) is 14.3 Å². The van der Waals surface area contributed by atoms with Crippen LogP contribution in [0.5, 0.6) is 5.75 Å². The Morgan fingerprint density at radius 2 is 1.84 bits per heavy atom. The molecule has 0 aliphatic carbocycles. The van der Waals surface area contributed by atoms with E-state index in [9.17, 15) is 9.59 Å². The van der Waals surface area contributed by atoms with E-state index in [0.717, 1.165) is 16.9 Å². The van der Waals surface area contributed by atoms with Crippen LogP contribution in [0.1, 0.15) is 45.8 Å². The van der Waals surface area contributed by atoms with E-state index < -0.39 is 0 Å². The summed E-state index contributed by atoms with van der Waals surface area (Å²) in [5.41, 5.74) is 3.01. The van der Waals surface area contributed by atoms with Crippen LogP contribution in [-0.2, 0) is 13.7 Å². The molecule has 0 aliphatic rings. The van der Waals surface area contributed by atoms with E-state index in [4.69, 9.17) is 16.3 Å². The van der Waals surface area contributed by atoms with Gasteiger partial charge in [-0.15, -0.1) is 0 Å². The number of anilines is 1. The SMILES string of the molecule is Cc1cc(OCc2ccc(C(=O)Nc3cnn(C)c3C(=O)NCC(C)C)cc2)ccc1Cl. The van der Waals surface area contributed by atoms with Gasteiger partial charge >= 0.3 is 0 Å². The highest BCUT2D eigenvalue weighted by molar-refractivity contribution is 6.31. The quantitative estimate of drug-likeness (QED) is 0.521. The normalized spacial score (nSPS) is 10.8. The van der Waals surface area contributed by atoms with Gasteiger partial charge < -0.3 is 15.4 Å². The van der Waals surface area contributed by atoms with Crippen molar-refractivity contribution in [3.05, 3.63) is 76.1 Å². The van der Waals surface area contributed by atoms with Crippen LogP contribution in [0.3, 0.4) is 0 Å². The maximum absolute atomic E-state index is 12.7. The van der Waals surface area contributed by atoms with Crippen molar-refractivity contribution >= 4 is 29.1 Å². The summed E-state index contributed by atoms with van der Waals surface area (Å²) in [6, 6.07) is 12.6. The number of hydrogen-bond acceptors (Lipinski definition) is 4. The summed E-state index contributed by atoms with van der Waals surface area (Å²) in [5.74, 6) is 0.445. The van der Waals surface area contributed by atoms with Crippen molar-refractivity contribution in [3.63, 3.8) is 0 Å². The standard InChI is InChI=1S/C24H27ClN4O3/c1-15(2)12-26-24(31)22-21(13-27-29(22)4)28-23(30)18-7-5-17(6-8-18)14-32-19-9-10-20(25)16(3)11-19/h5-11,13,15H,12,14H2,1-4H3,(H,26,31)(H,28,30). The van der Waals surface area contributed by atoms with Gasteiger partial charge in [-0.2, -0.15) is 5.10 Å². The van der Waals surface area contributed by atoms with Crippen LogP contribution in [0.15, 0.2) is 48.7 Å². The van der Waals surface area contributed by atoms with Crippen LogP contribution < -0.4 is 15.4 Å². The maximum Gasteiger partial charge on any atom is 0.271 e. The van der Waals surface area contributed by atoms with Gasteiger partial charge in [-0.05, 0) is 54.3 Å². The molecule has 0 atom stereocenters. The molecular formula is C24H27ClN4O3. The molecule has 1 heterocycles. The summed E-state index contributed by atoms with van der Waals surface area (Å²) in [7, 11) is 1.66.